The van der Waals surface area contributed by atoms with Gasteiger partial charge in [0.15, 0.2) is 0 Å². The number of nitrogens with one attached hydrogen (secondary N) is 3. The molecule has 42 heavy (non-hydrogen) atoms. The van der Waals surface area contributed by atoms with Gasteiger partial charge in [-0.3, -0.25) is 9.52 Å². The van der Waals surface area contributed by atoms with Crippen molar-refractivity contribution < 1.29 is 22.0 Å². The molecule has 12 heteroatoms. The second kappa shape index (κ2) is 11.8. The summed E-state index contributed by atoms with van der Waals surface area (Å²) in [5, 5.41) is 16.8. The minimum Gasteiger partial charge on any atom is -0.325 e. The minimum atomic E-state index is -3.58. The Morgan fingerprint density at radius 2 is 1.74 bits per heavy atom. The zero-order valence-corrected chi connectivity index (χ0v) is 25.6. The third-order valence-corrected chi connectivity index (χ3v) is 8.30. The number of amides is 1. The van der Waals surface area contributed by atoms with E-state index in [9.17, 15) is 18.5 Å². The van der Waals surface area contributed by atoms with Gasteiger partial charge in [-0.2, -0.15) is 5.26 Å². The molecule has 0 saturated carbocycles. The van der Waals surface area contributed by atoms with Gasteiger partial charge in [0.25, 0.3) is 0 Å². The summed E-state index contributed by atoms with van der Waals surface area (Å²) in [4.78, 5) is 14.0. The number of carbonyl (C=O) groups excluding carboxylic acids is 1. The highest BCUT2D eigenvalue weighted by atomic mass is 35.5. The van der Waals surface area contributed by atoms with Crippen LogP contribution in [0.15, 0.2) is 60.7 Å². The maximum Gasteiger partial charge on any atom is 0.242 e. The van der Waals surface area contributed by atoms with Crippen molar-refractivity contribution in [1.29, 1.82) is 5.26 Å². The molecule has 0 aromatic heterocycles. The van der Waals surface area contributed by atoms with Crippen LogP contribution in [0.1, 0.15) is 44.2 Å². The van der Waals surface area contributed by atoms with Crippen LogP contribution in [0, 0.1) is 28.4 Å². The Morgan fingerprint density at radius 3 is 2.36 bits per heavy atom. The predicted octanol–water partition coefficient (Wildman–Crippen LogP) is 6.60. The first kappa shape index (κ1) is 31.7. The average Bonchev–Trinajstić information content (AvgIpc) is 3.18. The number of rotatable bonds is 7. The first-order chi connectivity index (χ1) is 19.6. The number of hydrogen-bond acceptors (Lipinski definition) is 5. The van der Waals surface area contributed by atoms with Crippen molar-refractivity contribution in [1.82, 2.24) is 5.32 Å². The molecule has 0 spiro atoms. The van der Waals surface area contributed by atoms with E-state index in [2.05, 4.69) is 21.4 Å². The highest BCUT2D eigenvalue weighted by Crippen LogP contribution is 2.52. The van der Waals surface area contributed by atoms with Gasteiger partial charge >= 0.3 is 0 Å². The first-order valence-electron chi connectivity index (χ1n) is 13.0. The standard InChI is InChI=1S/C30H30Cl2F2N4O3S/c1-29(2,3)15-24-30(16-35,21-12-11-17(31)13-23(21)33)25(20-9-6-10-22(32)26(20)34)27(37-24)28(39)36-18-7-5-8-19(14-18)38-42(4,40)41/h5-14,24-25,27,37-38H,15H2,1-4H3,(H,36,39). The van der Waals surface area contributed by atoms with Crippen molar-refractivity contribution in [2.75, 3.05) is 16.3 Å². The molecule has 0 radical (unpaired) electrons. The number of sulfonamides is 1. The van der Waals surface area contributed by atoms with Crippen LogP contribution < -0.4 is 15.4 Å². The fourth-order valence-electron chi connectivity index (χ4n) is 5.65. The van der Waals surface area contributed by atoms with Gasteiger partial charge in [-0.05, 0) is 53.8 Å². The summed E-state index contributed by atoms with van der Waals surface area (Å²) in [6.07, 6.45) is 1.32. The molecular formula is C30H30Cl2F2N4O3S. The van der Waals surface area contributed by atoms with Crippen molar-refractivity contribution in [2.24, 2.45) is 5.41 Å². The van der Waals surface area contributed by atoms with E-state index >= 15 is 8.78 Å². The third-order valence-electron chi connectivity index (χ3n) is 7.16. The number of anilines is 2. The summed E-state index contributed by atoms with van der Waals surface area (Å²) >= 11 is 12.2. The molecule has 1 fully saturated rings. The van der Waals surface area contributed by atoms with Gasteiger partial charge in [-0.1, -0.05) is 68.2 Å². The molecule has 4 unspecified atom stereocenters. The zero-order valence-electron chi connectivity index (χ0n) is 23.3. The molecule has 1 heterocycles. The van der Waals surface area contributed by atoms with Crippen LogP contribution in [0.4, 0.5) is 20.2 Å². The van der Waals surface area contributed by atoms with Crippen molar-refractivity contribution in [3.63, 3.8) is 0 Å². The molecule has 222 valence electrons. The Balaban J connectivity index is 1.91. The molecule has 1 amide bonds. The number of hydrogen-bond donors (Lipinski definition) is 3. The smallest absolute Gasteiger partial charge is 0.242 e. The van der Waals surface area contributed by atoms with Gasteiger partial charge in [0, 0.05) is 28.2 Å². The number of benzene rings is 3. The summed E-state index contributed by atoms with van der Waals surface area (Å²) in [6.45, 7) is 5.83. The Labute approximate surface area is 254 Å². The molecule has 3 aromatic rings. The van der Waals surface area contributed by atoms with E-state index in [1.54, 1.807) is 12.1 Å². The molecule has 1 saturated heterocycles. The quantitative estimate of drug-likeness (QED) is 0.271. The van der Waals surface area contributed by atoms with Gasteiger partial charge < -0.3 is 10.6 Å². The number of nitrogens with zero attached hydrogens (tertiary/aromatic N) is 1. The topological polar surface area (TPSA) is 111 Å². The summed E-state index contributed by atoms with van der Waals surface area (Å²) in [7, 11) is -3.58. The van der Waals surface area contributed by atoms with E-state index in [4.69, 9.17) is 23.2 Å². The van der Waals surface area contributed by atoms with E-state index in [-0.39, 0.29) is 32.5 Å². The second-order valence-corrected chi connectivity index (χ2v) is 14.2. The molecule has 0 bridgehead atoms. The van der Waals surface area contributed by atoms with Crippen LogP contribution in [0.25, 0.3) is 0 Å². The van der Waals surface area contributed by atoms with E-state index < -0.39 is 56.4 Å². The Kier molecular flexibility index (Phi) is 8.91. The molecule has 7 nitrogen and oxygen atoms in total. The van der Waals surface area contributed by atoms with Crippen molar-refractivity contribution in [3.8, 4) is 6.07 Å². The monoisotopic (exact) mass is 634 g/mol. The highest BCUT2D eigenvalue weighted by molar-refractivity contribution is 7.92. The SMILES string of the molecule is CC(C)(C)CC1NC(C(=O)Nc2cccc(NS(C)(=O)=O)c2)C(c2cccc(Cl)c2F)C1(C#N)c1ccc(Cl)cc1F. The lowest BCUT2D eigenvalue weighted by molar-refractivity contribution is -0.118. The lowest BCUT2D eigenvalue weighted by atomic mass is 9.62. The summed E-state index contributed by atoms with van der Waals surface area (Å²) in [5.41, 5.74) is -1.76. The van der Waals surface area contributed by atoms with Crippen LogP contribution in [0.5, 0.6) is 0 Å². The van der Waals surface area contributed by atoms with Crippen LogP contribution in [0.3, 0.4) is 0 Å². The van der Waals surface area contributed by atoms with Gasteiger partial charge in [0.05, 0.1) is 29.1 Å². The zero-order chi connectivity index (χ0) is 31.0. The van der Waals surface area contributed by atoms with E-state index in [0.717, 1.165) is 12.3 Å². The number of halogens is 4. The highest BCUT2D eigenvalue weighted by Gasteiger charge is 2.61. The molecular weight excluding hydrogens is 605 g/mol. The molecule has 1 aliphatic rings. The Hall–Kier alpha value is -3.23. The lowest BCUT2D eigenvalue weighted by Gasteiger charge is -2.37. The van der Waals surface area contributed by atoms with Crippen molar-refractivity contribution in [2.45, 2.75) is 50.6 Å². The molecule has 3 aromatic carbocycles. The molecule has 1 aliphatic heterocycles. The van der Waals surface area contributed by atoms with Crippen LogP contribution in [-0.4, -0.2) is 32.7 Å². The fourth-order valence-corrected chi connectivity index (χ4v) is 6.55. The minimum absolute atomic E-state index is 0.0322. The third kappa shape index (κ3) is 6.55. The largest absolute Gasteiger partial charge is 0.325 e. The normalized spacial score (nSPS) is 22.4. The Morgan fingerprint density at radius 1 is 1.07 bits per heavy atom. The van der Waals surface area contributed by atoms with Gasteiger partial charge in [-0.25, -0.2) is 17.2 Å². The first-order valence-corrected chi connectivity index (χ1v) is 15.7. The van der Waals surface area contributed by atoms with E-state index in [0.29, 0.717) is 6.42 Å². The molecule has 3 N–H and O–H groups in total. The Bertz CT molecular complexity index is 1670. The predicted molar refractivity (Wildman–Crippen MR) is 161 cm³/mol. The molecule has 4 rings (SSSR count). The maximum absolute atomic E-state index is 15.8. The van der Waals surface area contributed by atoms with E-state index in [1.807, 2.05) is 20.8 Å². The second-order valence-electron chi connectivity index (χ2n) is 11.6. The van der Waals surface area contributed by atoms with E-state index in [1.165, 1.54) is 42.5 Å². The van der Waals surface area contributed by atoms with Crippen molar-refractivity contribution in [3.05, 3.63) is 93.5 Å². The average molecular weight is 636 g/mol. The molecule has 4 atom stereocenters. The summed E-state index contributed by atoms with van der Waals surface area (Å²) in [6, 6.07) is 14.5. The van der Waals surface area contributed by atoms with Gasteiger partial charge in [0.1, 0.15) is 17.0 Å². The number of carbonyl (C=O) groups is 1. The maximum atomic E-state index is 15.8. The van der Waals surface area contributed by atoms with Crippen LogP contribution in [-0.2, 0) is 20.2 Å². The summed E-state index contributed by atoms with van der Waals surface area (Å²) < 4.78 is 57.3. The fraction of sp³-hybridized carbons (Fsp3) is 0.333. The van der Waals surface area contributed by atoms with Crippen molar-refractivity contribution >= 4 is 50.5 Å². The van der Waals surface area contributed by atoms with Crippen LogP contribution in [0.2, 0.25) is 10.0 Å². The van der Waals surface area contributed by atoms with Crippen LogP contribution >= 0.6 is 23.2 Å². The lowest BCUT2D eigenvalue weighted by Crippen LogP contribution is -2.45. The number of nitriles is 1. The molecule has 0 aliphatic carbocycles. The van der Waals surface area contributed by atoms with Gasteiger partial charge in [0.2, 0.25) is 15.9 Å². The summed E-state index contributed by atoms with van der Waals surface area (Å²) in [5.74, 6) is -3.46. The van der Waals surface area contributed by atoms with Gasteiger partial charge in [-0.15, -0.1) is 0 Å².